The lowest BCUT2D eigenvalue weighted by atomic mass is 9.48. The van der Waals surface area contributed by atoms with Crippen LogP contribution in [0.3, 0.4) is 0 Å². The van der Waals surface area contributed by atoms with Crippen LogP contribution in [0.2, 0.25) is 0 Å². The lowest BCUT2D eigenvalue weighted by molar-refractivity contribution is -0.00518. The first-order chi connectivity index (χ1) is 32.1. The third-order valence-corrected chi connectivity index (χ3v) is 16.2. The SMILES string of the molecule is Cc1cccc2c1-c1ccc(N(c3ccc(-c4ccc5ccccc5c4-c4ccccc4)cc3)c3ccc(C45CC6CC(CC(C6)C4)C5)cc3)cc1C2(c1ccccc1)c1ccccc1. The van der Waals surface area contributed by atoms with E-state index < -0.39 is 5.41 Å². The lowest BCUT2D eigenvalue weighted by Gasteiger charge is -2.57. The maximum Gasteiger partial charge on any atom is 0.0714 e. The molecule has 0 amide bonds. The van der Waals surface area contributed by atoms with Gasteiger partial charge in [0.25, 0.3) is 0 Å². The number of hydrogen-bond acceptors (Lipinski definition) is 1. The fraction of sp³-hybridized carbons (Fsp3) is 0.188. The van der Waals surface area contributed by atoms with Crippen molar-refractivity contribution < 1.29 is 0 Å². The standard InChI is InChI=1S/C64H53N/c1-43-14-13-23-59-61(43)58-35-33-55(39-60(58)64(59,51-18-7-3-8-19-51)52-20-9-4-10-21-52)65(54-31-27-50(28-32-54)63-40-44-36-45(41-63)38-46(37-44)42-63)53-29-24-48(25-30-53)57-34-26-47-15-11-12-22-56(47)62(57)49-16-5-2-6-17-49/h2-35,39,44-46H,36-38,40-42H2,1H3. The molecule has 0 radical (unpaired) electrons. The molecule has 5 aliphatic carbocycles. The largest absolute Gasteiger partial charge is 0.310 e. The van der Waals surface area contributed by atoms with E-state index in [0.29, 0.717) is 5.41 Å². The van der Waals surface area contributed by atoms with Crippen molar-refractivity contribution >= 4 is 27.8 Å². The first-order valence-corrected chi connectivity index (χ1v) is 24.0. The minimum absolute atomic E-state index is 0.345. The van der Waals surface area contributed by atoms with Gasteiger partial charge in [-0.2, -0.15) is 0 Å². The predicted octanol–water partition coefficient (Wildman–Crippen LogP) is 16.8. The first kappa shape index (κ1) is 38.5. The first-order valence-electron chi connectivity index (χ1n) is 24.0. The van der Waals surface area contributed by atoms with Crippen molar-refractivity contribution in [3.63, 3.8) is 0 Å². The molecule has 1 nitrogen and oxygen atoms in total. The molecule has 0 aromatic heterocycles. The fourth-order valence-electron chi connectivity index (χ4n) is 13.9. The van der Waals surface area contributed by atoms with E-state index in [2.05, 4.69) is 224 Å². The molecule has 1 heteroatoms. The van der Waals surface area contributed by atoms with Crippen molar-refractivity contribution in [1.82, 2.24) is 0 Å². The molecule has 4 saturated carbocycles. The normalized spacial score (nSPS) is 21.0. The summed E-state index contributed by atoms with van der Waals surface area (Å²) in [6.07, 6.45) is 8.49. The van der Waals surface area contributed by atoms with Crippen LogP contribution >= 0.6 is 0 Å². The van der Waals surface area contributed by atoms with Crippen molar-refractivity contribution in [1.29, 1.82) is 0 Å². The summed E-state index contributed by atoms with van der Waals surface area (Å²) in [5.74, 6) is 2.74. The Balaban J connectivity index is 0.991. The van der Waals surface area contributed by atoms with Gasteiger partial charge in [-0.1, -0.05) is 176 Å². The Hall–Kier alpha value is -6.96. The van der Waals surface area contributed by atoms with Crippen LogP contribution in [-0.2, 0) is 10.8 Å². The average Bonchev–Trinajstić information content (AvgIpc) is 3.66. The molecule has 0 unspecified atom stereocenters. The highest BCUT2D eigenvalue weighted by Gasteiger charge is 2.52. The van der Waals surface area contributed by atoms with Gasteiger partial charge in [-0.25, -0.2) is 0 Å². The fourth-order valence-corrected chi connectivity index (χ4v) is 13.9. The van der Waals surface area contributed by atoms with Gasteiger partial charge >= 0.3 is 0 Å². The summed E-state index contributed by atoms with van der Waals surface area (Å²) in [5.41, 5.74) is 19.1. The van der Waals surface area contributed by atoms with Crippen LogP contribution in [0.1, 0.15) is 71.9 Å². The van der Waals surface area contributed by atoms with Gasteiger partial charge in [-0.3, -0.25) is 0 Å². The molecule has 0 saturated heterocycles. The van der Waals surface area contributed by atoms with Crippen molar-refractivity contribution in [2.24, 2.45) is 17.8 Å². The number of benzene rings is 9. The number of fused-ring (bicyclic) bond motifs is 4. The summed E-state index contributed by atoms with van der Waals surface area (Å²) in [4.78, 5) is 2.52. The Morgan fingerprint density at radius 2 is 0.954 bits per heavy atom. The lowest BCUT2D eigenvalue weighted by Crippen LogP contribution is -2.48. The van der Waals surface area contributed by atoms with Crippen LogP contribution < -0.4 is 4.90 Å². The topological polar surface area (TPSA) is 3.24 Å². The molecule has 4 fully saturated rings. The van der Waals surface area contributed by atoms with E-state index in [1.165, 1.54) is 116 Å². The van der Waals surface area contributed by atoms with Crippen LogP contribution in [0.25, 0.3) is 44.2 Å². The average molecular weight is 836 g/mol. The molecule has 5 aliphatic rings. The molecule has 0 atom stereocenters. The van der Waals surface area contributed by atoms with Gasteiger partial charge in [0.2, 0.25) is 0 Å². The molecule has 9 aromatic rings. The Bertz CT molecular complexity index is 3140. The van der Waals surface area contributed by atoms with Gasteiger partial charge in [0.15, 0.2) is 0 Å². The van der Waals surface area contributed by atoms with E-state index >= 15 is 0 Å². The van der Waals surface area contributed by atoms with E-state index in [4.69, 9.17) is 0 Å². The third kappa shape index (κ3) is 6.05. The van der Waals surface area contributed by atoms with Crippen LogP contribution in [0.4, 0.5) is 17.1 Å². The van der Waals surface area contributed by atoms with Gasteiger partial charge in [-0.15, -0.1) is 0 Å². The zero-order valence-electron chi connectivity index (χ0n) is 37.1. The summed E-state index contributed by atoms with van der Waals surface area (Å²) in [6.45, 7) is 2.28. The van der Waals surface area contributed by atoms with E-state index in [1.807, 2.05) is 0 Å². The number of rotatable bonds is 8. The van der Waals surface area contributed by atoms with Crippen molar-refractivity contribution in [3.05, 3.63) is 246 Å². The molecule has 0 N–H and O–H groups in total. The van der Waals surface area contributed by atoms with Gasteiger partial charge in [0.1, 0.15) is 0 Å². The van der Waals surface area contributed by atoms with Crippen LogP contribution in [0.15, 0.2) is 212 Å². The van der Waals surface area contributed by atoms with Gasteiger partial charge in [-0.05, 0) is 183 Å². The molecule has 0 spiro atoms. The summed E-state index contributed by atoms with van der Waals surface area (Å²) < 4.78 is 0. The number of aryl methyl sites for hydroxylation is 1. The van der Waals surface area contributed by atoms with Gasteiger partial charge < -0.3 is 4.90 Å². The highest BCUT2D eigenvalue weighted by molar-refractivity contribution is 6.04. The zero-order valence-corrected chi connectivity index (χ0v) is 37.1. The highest BCUT2D eigenvalue weighted by atomic mass is 15.1. The van der Waals surface area contributed by atoms with Crippen molar-refractivity contribution in [2.75, 3.05) is 4.90 Å². The highest BCUT2D eigenvalue weighted by Crippen LogP contribution is 2.61. The van der Waals surface area contributed by atoms with Crippen LogP contribution in [0.5, 0.6) is 0 Å². The second-order valence-electron chi connectivity index (χ2n) is 19.9. The monoisotopic (exact) mass is 835 g/mol. The van der Waals surface area contributed by atoms with Crippen LogP contribution in [-0.4, -0.2) is 0 Å². The Kier molecular flexibility index (Phi) is 8.92. The summed E-state index contributed by atoms with van der Waals surface area (Å²) in [7, 11) is 0. The Labute approximate surface area is 384 Å². The van der Waals surface area contributed by atoms with E-state index in [9.17, 15) is 0 Å². The predicted molar refractivity (Wildman–Crippen MR) is 271 cm³/mol. The maximum absolute atomic E-state index is 2.52. The van der Waals surface area contributed by atoms with E-state index in [1.54, 1.807) is 5.56 Å². The molecule has 9 aromatic carbocycles. The molecule has 4 bridgehead atoms. The third-order valence-electron chi connectivity index (χ3n) is 16.2. The minimum atomic E-state index is -0.489. The Morgan fingerprint density at radius 1 is 0.400 bits per heavy atom. The molecular weight excluding hydrogens is 783 g/mol. The van der Waals surface area contributed by atoms with Gasteiger partial charge in [0.05, 0.1) is 5.41 Å². The molecule has 314 valence electrons. The molecule has 14 rings (SSSR count). The molecule has 0 aliphatic heterocycles. The van der Waals surface area contributed by atoms with Gasteiger partial charge in [0, 0.05) is 17.1 Å². The van der Waals surface area contributed by atoms with E-state index in [0.717, 1.165) is 29.1 Å². The number of nitrogens with zero attached hydrogens (tertiary/aromatic N) is 1. The summed E-state index contributed by atoms with van der Waals surface area (Å²) in [5, 5.41) is 2.53. The maximum atomic E-state index is 2.52. The summed E-state index contributed by atoms with van der Waals surface area (Å²) >= 11 is 0. The molecular formula is C64H53N. The summed E-state index contributed by atoms with van der Waals surface area (Å²) in [6, 6.07) is 80.2. The van der Waals surface area contributed by atoms with E-state index in [-0.39, 0.29) is 0 Å². The van der Waals surface area contributed by atoms with Crippen molar-refractivity contribution in [2.45, 2.75) is 56.3 Å². The quantitative estimate of drug-likeness (QED) is 0.147. The minimum Gasteiger partial charge on any atom is -0.310 e. The Morgan fingerprint density at radius 3 is 1.60 bits per heavy atom. The van der Waals surface area contributed by atoms with Crippen molar-refractivity contribution in [3.8, 4) is 33.4 Å². The number of anilines is 3. The van der Waals surface area contributed by atoms with Crippen LogP contribution in [0, 0.1) is 24.7 Å². The number of hydrogen-bond donors (Lipinski definition) is 0. The molecule has 65 heavy (non-hydrogen) atoms. The second kappa shape index (κ2) is 15.1. The molecule has 0 heterocycles. The smallest absolute Gasteiger partial charge is 0.0714 e. The zero-order chi connectivity index (χ0) is 43.1. The second-order valence-corrected chi connectivity index (χ2v) is 19.9.